The molecule has 0 spiro atoms. The van der Waals surface area contributed by atoms with Crippen LogP contribution < -0.4 is 25.8 Å². The summed E-state index contributed by atoms with van der Waals surface area (Å²) in [6, 6.07) is 5.61. The summed E-state index contributed by atoms with van der Waals surface area (Å²) in [4.78, 5) is 21.3. The Bertz CT molecular complexity index is 969. The van der Waals surface area contributed by atoms with Crippen molar-refractivity contribution in [2.45, 2.75) is 57.6 Å². The molecule has 0 radical (unpaired) electrons. The zero-order chi connectivity index (χ0) is 22.0. The first-order chi connectivity index (χ1) is 14.8. The van der Waals surface area contributed by atoms with Crippen molar-refractivity contribution in [2.24, 2.45) is 5.73 Å². The number of primary amides is 1. The third-order valence-corrected chi connectivity index (χ3v) is 5.74. The molecule has 5 N–H and O–H groups in total. The van der Waals surface area contributed by atoms with Crippen LogP contribution in [-0.4, -0.2) is 45.8 Å². The van der Waals surface area contributed by atoms with Crippen LogP contribution in [0.4, 0.5) is 17.3 Å². The van der Waals surface area contributed by atoms with Crippen LogP contribution in [0.15, 0.2) is 18.2 Å². The number of nitrogens with zero attached hydrogens (tertiary/aromatic N) is 2. The van der Waals surface area contributed by atoms with E-state index in [9.17, 15) is 9.90 Å². The monoisotopic (exact) mass is 427 g/mol. The molecule has 0 unspecified atom stereocenters. The highest BCUT2D eigenvalue weighted by Crippen LogP contribution is 2.34. The van der Waals surface area contributed by atoms with E-state index in [1.807, 2.05) is 26.0 Å². The summed E-state index contributed by atoms with van der Waals surface area (Å²) in [6.07, 6.45) is 3.72. The SMILES string of the molecule is CCc1nc(C(N)=O)c(Nc2ccc3c(c2)OCCO3)nc1NC1CCC(C)(O)CC1. The van der Waals surface area contributed by atoms with Gasteiger partial charge < -0.3 is 30.9 Å². The molecule has 1 saturated carbocycles. The minimum atomic E-state index is -0.650. The van der Waals surface area contributed by atoms with E-state index in [1.165, 1.54) is 0 Å². The van der Waals surface area contributed by atoms with Gasteiger partial charge in [0.1, 0.15) is 19.0 Å². The van der Waals surface area contributed by atoms with Crippen molar-refractivity contribution in [2.75, 3.05) is 23.8 Å². The number of fused-ring (bicyclic) bond motifs is 1. The number of benzene rings is 1. The van der Waals surface area contributed by atoms with Gasteiger partial charge in [-0.3, -0.25) is 4.79 Å². The lowest BCUT2D eigenvalue weighted by Gasteiger charge is -2.34. The molecule has 1 amide bonds. The summed E-state index contributed by atoms with van der Waals surface area (Å²) in [5, 5.41) is 16.8. The molecule has 4 rings (SSSR count). The third-order valence-electron chi connectivity index (χ3n) is 5.74. The van der Waals surface area contributed by atoms with Gasteiger partial charge >= 0.3 is 0 Å². The Hall–Kier alpha value is -3.07. The number of carbonyl (C=O) groups is 1. The predicted molar refractivity (Wildman–Crippen MR) is 117 cm³/mol. The fourth-order valence-electron chi connectivity index (χ4n) is 3.93. The van der Waals surface area contributed by atoms with Gasteiger partial charge in [0, 0.05) is 17.8 Å². The lowest BCUT2D eigenvalue weighted by Crippen LogP contribution is -2.36. The molecule has 9 heteroatoms. The second-order valence-electron chi connectivity index (χ2n) is 8.33. The Morgan fingerprint density at radius 3 is 2.58 bits per heavy atom. The topological polar surface area (TPSA) is 132 Å². The second-order valence-corrected chi connectivity index (χ2v) is 8.33. The van der Waals surface area contributed by atoms with Crippen LogP contribution in [0.5, 0.6) is 11.5 Å². The number of hydrogen-bond acceptors (Lipinski definition) is 8. The molecule has 1 aromatic carbocycles. The summed E-state index contributed by atoms with van der Waals surface area (Å²) in [7, 11) is 0. The Balaban J connectivity index is 1.61. The number of hydrogen-bond donors (Lipinski definition) is 4. The van der Waals surface area contributed by atoms with Crippen molar-refractivity contribution in [3.63, 3.8) is 0 Å². The number of aliphatic hydroxyl groups is 1. The van der Waals surface area contributed by atoms with Gasteiger partial charge in [-0.2, -0.15) is 0 Å². The molecule has 2 aliphatic rings. The molecular weight excluding hydrogens is 398 g/mol. The van der Waals surface area contributed by atoms with E-state index >= 15 is 0 Å². The lowest BCUT2D eigenvalue weighted by atomic mass is 9.83. The summed E-state index contributed by atoms with van der Waals surface area (Å²) in [5.41, 5.74) is 6.43. The molecule has 0 bridgehead atoms. The fourth-order valence-corrected chi connectivity index (χ4v) is 3.93. The normalized spacial score (nSPS) is 22.6. The minimum Gasteiger partial charge on any atom is -0.486 e. The van der Waals surface area contributed by atoms with Crippen molar-refractivity contribution in [1.29, 1.82) is 0 Å². The molecule has 9 nitrogen and oxygen atoms in total. The predicted octanol–water partition coefficient (Wildman–Crippen LogP) is 2.76. The zero-order valence-electron chi connectivity index (χ0n) is 17.9. The van der Waals surface area contributed by atoms with E-state index in [4.69, 9.17) is 15.2 Å². The van der Waals surface area contributed by atoms with Gasteiger partial charge in [-0.1, -0.05) is 6.92 Å². The molecule has 2 aromatic rings. The van der Waals surface area contributed by atoms with Crippen molar-refractivity contribution in [1.82, 2.24) is 9.97 Å². The summed E-state index contributed by atoms with van der Waals surface area (Å²) in [6.45, 7) is 4.83. The summed E-state index contributed by atoms with van der Waals surface area (Å²) < 4.78 is 11.2. The number of rotatable bonds is 6. The van der Waals surface area contributed by atoms with Crippen molar-refractivity contribution < 1.29 is 19.4 Å². The van der Waals surface area contributed by atoms with Crippen molar-refractivity contribution in [3.8, 4) is 11.5 Å². The second kappa shape index (κ2) is 8.58. The van der Waals surface area contributed by atoms with Gasteiger partial charge in [0.05, 0.1) is 11.3 Å². The Kier molecular flexibility index (Phi) is 5.86. The first-order valence-electron chi connectivity index (χ1n) is 10.7. The number of nitrogens with two attached hydrogens (primary N) is 1. The molecule has 1 fully saturated rings. The van der Waals surface area contributed by atoms with E-state index in [-0.39, 0.29) is 17.6 Å². The van der Waals surface area contributed by atoms with Crippen LogP contribution in [0, 0.1) is 0 Å². The van der Waals surface area contributed by atoms with E-state index < -0.39 is 11.5 Å². The Labute approximate surface area is 181 Å². The van der Waals surface area contributed by atoms with Crippen molar-refractivity contribution >= 4 is 23.2 Å². The van der Waals surface area contributed by atoms with Crippen molar-refractivity contribution in [3.05, 3.63) is 29.6 Å². The molecule has 1 aliphatic carbocycles. The highest BCUT2D eigenvalue weighted by atomic mass is 16.6. The number of carbonyl (C=O) groups excluding carboxylic acids is 1. The smallest absolute Gasteiger partial charge is 0.271 e. The zero-order valence-corrected chi connectivity index (χ0v) is 17.9. The molecule has 0 saturated heterocycles. The van der Waals surface area contributed by atoms with Gasteiger partial charge in [0.25, 0.3) is 5.91 Å². The lowest BCUT2D eigenvalue weighted by molar-refractivity contribution is 0.0196. The van der Waals surface area contributed by atoms with Crippen LogP contribution in [0.25, 0.3) is 0 Å². The maximum absolute atomic E-state index is 12.1. The molecule has 31 heavy (non-hydrogen) atoms. The van der Waals surface area contributed by atoms with Gasteiger partial charge in [-0.15, -0.1) is 0 Å². The average molecular weight is 428 g/mol. The first-order valence-corrected chi connectivity index (χ1v) is 10.7. The quantitative estimate of drug-likeness (QED) is 0.553. The number of aromatic nitrogens is 2. The van der Waals surface area contributed by atoms with E-state index in [2.05, 4.69) is 20.6 Å². The Morgan fingerprint density at radius 2 is 1.90 bits per heavy atom. The largest absolute Gasteiger partial charge is 0.486 e. The number of nitrogens with one attached hydrogen (secondary N) is 2. The van der Waals surface area contributed by atoms with Crippen LogP contribution in [-0.2, 0) is 6.42 Å². The first kappa shape index (κ1) is 21.2. The highest BCUT2D eigenvalue weighted by molar-refractivity contribution is 5.96. The van der Waals surface area contributed by atoms with E-state index in [0.717, 1.165) is 25.7 Å². The van der Waals surface area contributed by atoms with Crippen LogP contribution in [0.3, 0.4) is 0 Å². The molecule has 166 valence electrons. The maximum atomic E-state index is 12.1. The van der Waals surface area contributed by atoms with Crippen LogP contribution in [0.2, 0.25) is 0 Å². The molecule has 1 aliphatic heterocycles. The fraction of sp³-hybridized carbons (Fsp3) is 0.500. The van der Waals surface area contributed by atoms with Crippen LogP contribution in [0.1, 0.15) is 55.7 Å². The van der Waals surface area contributed by atoms with Gasteiger partial charge in [0.15, 0.2) is 23.0 Å². The number of aryl methyl sites for hydroxylation is 1. The standard InChI is InChI=1S/C22H29N5O4/c1-3-15-20(24-13-6-8-22(2,29)9-7-13)27-21(18(26-15)19(23)28)25-14-4-5-16-17(12-14)31-11-10-30-16/h4-5,12-13,29H,3,6-11H2,1-2H3,(H2,23,28)(H2,24,25,27). The molecule has 0 atom stereocenters. The maximum Gasteiger partial charge on any atom is 0.271 e. The van der Waals surface area contributed by atoms with E-state index in [0.29, 0.717) is 48.3 Å². The number of anilines is 3. The molecular formula is C22H29N5O4. The third kappa shape index (κ3) is 4.82. The molecule has 2 heterocycles. The van der Waals surface area contributed by atoms with Gasteiger partial charge in [0.2, 0.25) is 0 Å². The van der Waals surface area contributed by atoms with Gasteiger partial charge in [-0.05, 0) is 51.2 Å². The number of amides is 1. The summed E-state index contributed by atoms with van der Waals surface area (Å²) >= 11 is 0. The van der Waals surface area contributed by atoms with Crippen LogP contribution >= 0.6 is 0 Å². The average Bonchev–Trinajstić information content (AvgIpc) is 2.75. The minimum absolute atomic E-state index is 0.0869. The highest BCUT2D eigenvalue weighted by Gasteiger charge is 2.29. The van der Waals surface area contributed by atoms with Gasteiger partial charge in [-0.25, -0.2) is 9.97 Å². The number of ether oxygens (including phenoxy) is 2. The van der Waals surface area contributed by atoms with E-state index in [1.54, 1.807) is 6.07 Å². The Morgan fingerprint density at radius 1 is 1.19 bits per heavy atom. The summed E-state index contributed by atoms with van der Waals surface area (Å²) in [5.74, 6) is 1.56. The molecule has 1 aromatic heterocycles.